The zero-order valence-corrected chi connectivity index (χ0v) is 17.3. The highest BCUT2D eigenvalue weighted by Crippen LogP contribution is 2.36. The summed E-state index contributed by atoms with van der Waals surface area (Å²) in [4.78, 5) is 20.7. The number of anilines is 2. The fraction of sp³-hybridized carbons (Fsp3) is 0.409. The highest BCUT2D eigenvalue weighted by atomic mass is 19.1. The number of aromatic nitrogens is 3. The van der Waals surface area contributed by atoms with Gasteiger partial charge in [-0.2, -0.15) is 4.52 Å². The van der Waals surface area contributed by atoms with Gasteiger partial charge in [0.1, 0.15) is 17.5 Å². The van der Waals surface area contributed by atoms with Crippen molar-refractivity contribution in [2.24, 2.45) is 5.92 Å². The first-order chi connectivity index (χ1) is 15.0. The number of fused-ring (bicyclic) bond motifs is 1. The second-order valence-corrected chi connectivity index (χ2v) is 8.39. The van der Waals surface area contributed by atoms with Gasteiger partial charge < -0.3 is 9.80 Å². The molecule has 0 radical (unpaired) electrons. The second kappa shape index (κ2) is 7.79. The molecule has 162 valence electrons. The Labute approximate surface area is 178 Å². The summed E-state index contributed by atoms with van der Waals surface area (Å²) in [5.74, 6) is 0.723. The Balaban J connectivity index is 1.43. The van der Waals surface area contributed by atoms with Gasteiger partial charge in [-0.1, -0.05) is 6.92 Å². The van der Waals surface area contributed by atoms with Crippen LogP contribution in [0.3, 0.4) is 0 Å². The van der Waals surface area contributed by atoms with E-state index >= 15 is 0 Å². The lowest BCUT2D eigenvalue weighted by atomic mass is 10.0. The van der Waals surface area contributed by atoms with E-state index in [0.29, 0.717) is 41.7 Å². The molecule has 31 heavy (non-hydrogen) atoms. The van der Waals surface area contributed by atoms with Gasteiger partial charge in [0.25, 0.3) is 0 Å². The minimum Gasteiger partial charge on any atom is -0.348 e. The van der Waals surface area contributed by atoms with Gasteiger partial charge in [-0.3, -0.25) is 5.32 Å². The van der Waals surface area contributed by atoms with E-state index in [1.807, 2.05) is 17.0 Å². The minimum atomic E-state index is -0.456. The number of likely N-dealkylation sites (tertiary alicyclic amines) is 1. The molecule has 2 aliphatic rings. The van der Waals surface area contributed by atoms with Crippen LogP contribution in [-0.4, -0.2) is 45.2 Å². The van der Waals surface area contributed by atoms with Gasteiger partial charge in [-0.05, 0) is 55.5 Å². The molecule has 0 bridgehead atoms. The number of urea groups is 1. The summed E-state index contributed by atoms with van der Waals surface area (Å²) < 4.78 is 29.8. The highest BCUT2D eigenvalue weighted by molar-refractivity contribution is 5.89. The van der Waals surface area contributed by atoms with Crippen molar-refractivity contribution in [3.05, 3.63) is 53.7 Å². The monoisotopic (exact) mass is 426 g/mol. The lowest BCUT2D eigenvalue weighted by Gasteiger charge is -2.26. The lowest BCUT2D eigenvalue weighted by Crippen LogP contribution is -2.33. The van der Waals surface area contributed by atoms with Crippen LogP contribution in [0.4, 0.5) is 25.2 Å². The van der Waals surface area contributed by atoms with E-state index in [1.54, 1.807) is 15.6 Å². The van der Waals surface area contributed by atoms with Crippen LogP contribution < -0.4 is 10.2 Å². The van der Waals surface area contributed by atoms with Crippen LogP contribution in [0.5, 0.6) is 0 Å². The van der Waals surface area contributed by atoms with Crippen molar-refractivity contribution in [3.8, 4) is 0 Å². The smallest absolute Gasteiger partial charge is 0.323 e. The molecule has 2 aliphatic heterocycles. The van der Waals surface area contributed by atoms with Gasteiger partial charge in [0.05, 0.1) is 12.2 Å². The summed E-state index contributed by atoms with van der Waals surface area (Å²) in [5, 5.41) is 7.57. The number of amides is 2. The third kappa shape index (κ3) is 3.68. The SMILES string of the molecule is CC1CCN(C(=O)Nc2cnc3ccc(N4CCCC4c4cc(F)ccc4F)nn23)C1. The number of hydrogen-bond acceptors (Lipinski definition) is 4. The molecule has 7 nitrogen and oxygen atoms in total. The highest BCUT2D eigenvalue weighted by Gasteiger charge is 2.30. The predicted octanol–water partition coefficient (Wildman–Crippen LogP) is 4.22. The van der Waals surface area contributed by atoms with Gasteiger partial charge in [0.15, 0.2) is 11.5 Å². The zero-order valence-electron chi connectivity index (χ0n) is 17.3. The molecule has 1 aromatic carbocycles. The normalized spacial score (nSPS) is 21.3. The van der Waals surface area contributed by atoms with Gasteiger partial charge >= 0.3 is 6.03 Å². The van der Waals surface area contributed by atoms with Crippen molar-refractivity contribution in [3.63, 3.8) is 0 Å². The number of nitrogens with one attached hydrogen (secondary N) is 1. The summed E-state index contributed by atoms with van der Waals surface area (Å²) in [5.41, 5.74) is 0.934. The van der Waals surface area contributed by atoms with Crippen molar-refractivity contribution in [1.29, 1.82) is 0 Å². The van der Waals surface area contributed by atoms with Gasteiger partial charge in [-0.15, -0.1) is 5.10 Å². The molecule has 2 aromatic heterocycles. The van der Waals surface area contributed by atoms with Crippen LogP contribution in [0.1, 0.15) is 37.8 Å². The molecule has 2 fully saturated rings. The number of nitrogens with zero attached hydrogens (tertiary/aromatic N) is 5. The third-order valence-corrected chi connectivity index (χ3v) is 6.16. The van der Waals surface area contributed by atoms with Crippen molar-refractivity contribution in [2.75, 3.05) is 29.9 Å². The Morgan fingerprint density at radius 2 is 2.03 bits per heavy atom. The van der Waals surface area contributed by atoms with Crippen molar-refractivity contribution in [2.45, 2.75) is 32.2 Å². The number of benzene rings is 1. The molecule has 3 aromatic rings. The number of rotatable bonds is 3. The minimum absolute atomic E-state index is 0.167. The van der Waals surface area contributed by atoms with Gasteiger partial charge in [-0.25, -0.2) is 18.6 Å². The van der Waals surface area contributed by atoms with Crippen molar-refractivity contribution in [1.82, 2.24) is 19.5 Å². The molecule has 4 heterocycles. The first-order valence-electron chi connectivity index (χ1n) is 10.6. The molecule has 9 heteroatoms. The molecule has 0 spiro atoms. The summed E-state index contributed by atoms with van der Waals surface area (Å²) in [6.07, 6.45) is 4.13. The number of carbonyl (C=O) groups is 1. The Hall–Kier alpha value is -3.23. The van der Waals surface area contributed by atoms with Crippen LogP contribution in [0.15, 0.2) is 36.5 Å². The first kappa shape index (κ1) is 19.7. The molecular formula is C22H24F2N6O. The topological polar surface area (TPSA) is 65.8 Å². The first-order valence-corrected chi connectivity index (χ1v) is 10.6. The zero-order chi connectivity index (χ0) is 21.5. The molecular weight excluding hydrogens is 402 g/mol. The van der Waals surface area contributed by atoms with Crippen LogP contribution >= 0.6 is 0 Å². The third-order valence-electron chi connectivity index (χ3n) is 6.16. The maximum Gasteiger partial charge on any atom is 0.323 e. The number of carbonyl (C=O) groups excluding carboxylic acids is 1. The number of hydrogen-bond donors (Lipinski definition) is 1. The molecule has 2 saturated heterocycles. The van der Waals surface area contributed by atoms with E-state index in [0.717, 1.165) is 32.0 Å². The Bertz CT molecular complexity index is 1130. The Kier molecular flexibility index (Phi) is 4.95. The quantitative estimate of drug-likeness (QED) is 0.681. The maximum atomic E-state index is 14.4. The summed E-state index contributed by atoms with van der Waals surface area (Å²) in [7, 11) is 0. The standard InChI is InChI=1S/C22H24F2N6O/c1-14-8-10-28(13-14)22(31)26-21-12-25-19-6-7-20(27-30(19)21)29-9-2-3-18(29)16-11-15(23)4-5-17(16)24/h4-7,11-12,14,18H,2-3,8-10,13H2,1H3,(H,26,31). The van der Waals surface area contributed by atoms with E-state index < -0.39 is 11.6 Å². The largest absolute Gasteiger partial charge is 0.348 e. The van der Waals surface area contributed by atoms with Gasteiger partial charge in [0.2, 0.25) is 0 Å². The van der Waals surface area contributed by atoms with E-state index in [-0.39, 0.29) is 12.1 Å². The molecule has 0 saturated carbocycles. The summed E-state index contributed by atoms with van der Waals surface area (Å²) in [6.45, 7) is 4.28. The second-order valence-electron chi connectivity index (χ2n) is 8.39. The molecule has 2 amide bonds. The molecule has 2 unspecified atom stereocenters. The average Bonchev–Trinajstić information content (AvgIpc) is 3.49. The summed E-state index contributed by atoms with van der Waals surface area (Å²) >= 11 is 0. The van der Waals surface area contributed by atoms with Crippen LogP contribution in [-0.2, 0) is 0 Å². The van der Waals surface area contributed by atoms with Crippen LogP contribution in [0.25, 0.3) is 5.65 Å². The Morgan fingerprint density at radius 3 is 2.84 bits per heavy atom. The Morgan fingerprint density at radius 1 is 1.16 bits per heavy atom. The molecule has 5 rings (SSSR count). The summed E-state index contributed by atoms with van der Waals surface area (Å²) in [6, 6.07) is 6.73. The van der Waals surface area contributed by atoms with E-state index in [2.05, 4.69) is 22.3 Å². The fourth-order valence-corrected chi connectivity index (χ4v) is 4.54. The molecule has 0 aliphatic carbocycles. The van der Waals surface area contributed by atoms with Crippen LogP contribution in [0, 0.1) is 17.6 Å². The van der Waals surface area contributed by atoms with Crippen LogP contribution in [0.2, 0.25) is 0 Å². The molecule has 1 N–H and O–H groups in total. The van der Waals surface area contributed by atoms with E-state index in [1.165, 1.54) is 12.1 Å². The number of halogens is 2. The fourth-order valence-electron chi connectivity index (χ4n) is 4.54. The molecule has 2 atom stereocenters. The lowest BCUT2D eigenvalue weighted by molar-refractivity contribution is 0.221. The van der Waals surface area contributed by atoms with Crippen molar-refractivity contribution < 1.29 is 13.6 Å². The van der Waals surface area contributed by atoms with Crippen molar-refractivity contribution >= 4 is 23.3 Å². The van der Waals surface area contributed by atoms with E-state index in [4.69, 9.17) is 0 Å². The number of imidazole rings is 1. The average molecular weight is 426 g/mol. The predicted molar refractivity (Wildman–Crippen MR) is 113 cm³/mol. The van der Waals surface area contributed by atoms with Gasteiger partial charge in [0, 0.05) is 25.2 Å². The maximum absolute atomic E-state index is 14.4. The van der Waals surface area contributed by atoms with E-state index in [9.17, 15) is 13.6 Å².